The smallest absolute Gasteiger partial charge is 0.323 e. The summed E-state index contributed by atoms with van der Waals surface area (Å²) in [5.74, 6) is 1.92. The van der Waals surface area contributed by atoms with Crippen molar-refractivity contribution < 1.29 is 14.3 Å². The van der Waals surface area contributed by atoms with Crippen LogP contribution in [0, 0.1) is 0 Å². The lowest BCUT2D eigenvalue weighted by atomic mass is 10.3. The van der Waals surface area contributed by atoms with E-state index < -0.39 is 0 Å². The average Bonchev–Trinajstić information content (AvgIpc) is 2.50. The maximum atomic E-state index is 11.6. The molecule has 0 fully saturated rings. The van der Waals surface area contributed by atoms with Crippen LogP contribution >= 0.6 is 0 Å². The van der Waals surface area contributed by atoms with Crippen molar-refractivity contribution in [1.82, 2.24) is 10.3 Å². The van der Waals surface area contributed by atoms with Crippen molar-refractivity contribution >= 4 is 11.8 Å². The number of carbonyl (C=O) groups is 1. The zero-order valence-electron chi connectivity index (χ0n) is 11.7. The lowest BCUT2D eigenvalue weighted by molar-refractivity contribution is 0.234. The van der Waals surface area contributed by atoms with Gasteiger partial charge in [-0.15, -0.1) is 0 Å². The number of urea groups is 1. The molecule has 0 spiro atoms. The summed E-state index contributed by atoms with van der Waals surface area (Å²) >= 11 is 0. The summed E-state index contributed by atoms with van der Waals surface area (Å²) in [7, 11) is 0. The van der Waals surface area contributed by atoms with Gasteiger partial charge >= 0.3 is 6.03 Å². The minimum atomic E-state index is -0.375. The first-order chi connectivity index (χ1) is 10.3. The molecule has 6 heteroatoms. The first kappa shape index (κ1) is 14.6. The second-order valence-electron chi connectivity index (χ2n) is 4.04. The zero-order valence-corrected chi connectivity index (χ0v) is 11.7. The van der Waals surface area contributed by atoms with Gasteiger partial charge in [-0.05, 0) is 43.3 Å². The van der Waals surface area contributed by atoms with Crippen molar-refractivity contribution in [3.05, 3.63) is 48.7 Å². The molecule has 110 valence electrons. The van der Waals surface area contributed by atoms with Crippen molar-refractivity contribution in [2.24, 2.45) is 0 Å². The van der Waals surface area contributed by atoms with E-state index in [0.29, 0.717) is 18.2 Å². The van der Waals surface area contributed by atoms with Crippen LogP contribution in [-0.2, 0) is 0 Å². The molecule has 0 bridgehead atoms. The number of hydrogen-bond acceptors (Lipinski definition) is 4. The van der Waals surface area contributed by atoms with Gasteiger partial charge in [0.1, 0.15) is 17.3 Å². The van der Waals surface area contributed by atoms with E-state index in [1.54, 1.807) is 36.5 Å². The number of hydrogen-bond donors (Lipinski definition) is 2. The van der Waals surface area contributed by atoms with E-state index in [0.717, 1.165) is 5.75 Å². The monoisotopic (exact) mass is 287 g/mol. The number of benzene rings is 1. The lowest BCUT2D eigenvalue weighted by Crippen LogP contribution is -2.32. The largest absolute Gasteiger partial charge is 0.494 e. The Morgan fingerprint density at radius 3 is 2.43 bits per heavy atom. The molecule has 0 aliphatic rings. The van der Waals surface area contributed by atoms with Gasteiger partial charge < -0.3 is 14.8 Å². The number of pyridine rings is 1. The van der Waals surface area contributed by atoms with Crippen molar-refractivity contribution in [2.75, 3.05) is 18.7 Å². The molecule has 21 heavy (non-hydrogen) atoms. The number of nitrogens with zero attached hydrogens (tertiary/aromatic N) is 1. The Morgan fingerprint density at radius 2 is 1.81 bits per heavy atom. The molecule has 0 radical (unpaired) electrons. The topological polar surface area (TPSA) is 72.5 Å². The average molecular weight is 287 g/mol. The van der Waals surface area contributed by atoms with E-state index in [2.05, 4.69) is 15.6 Å². The summed E-state index contributed by atoms with van der Waals surface area (Å²) < 4.78 is 10.7. The quantitative estimate of drug-likeness (QED) is 0.801. The second-order valence-corrected chi connectivity index (χ2v) is 4.04. The number of amides is 2. The minimum absolute atomic E-state index is 0.0622. The van der Waals surface area contributed by atoms with Gasteiger partial charge in [0, 0.05) is 6.20 Å². The van der Waals surface area contributed by atoms with Crippen molar-refractivity contribution in [3.63, 3.8) is 0 Å². The van der Waals surface area contributed by atoms with E-state index in [-0.39, 0.29) is 12.8 Å². The number of carbonyl (C=O) groups excluding carboxylic acids is 1. The third-order valence-corrected chi connectivity index (χ3v) is 2.51. The standard InChI is InChI=1S/C15H17N3O3/c1-2-20-12-6-8-13(9-7-12)21-11-17-15(19)18-14-5-3-4-10-16-14/h3-10H,2,11H2,1H3,(H2,16,17,18,19). The van der Waals surface area contributed by atoms with E-state index in [9.17, 15) is 4.79 Å². The third kappa shape index (κ3) is 5.02. The van der Waals surface area contributed by atoms with Gasteiger partial charge in [0.05, 0.1) is 6.61 Å². The predicted octanol–water partition coefficient (Wildman–Crippen LogP) is 2.64. The summed E-state index contributed by atoms with van der Waals surface area (Å²) in [5.41, 5.74) is 0. The van der Waals surface area contributed by atoms with E-state index in [1.165, 1.54) is 0 Å². The Hall–Kier alpha value is -2.76. The SMILES string of the molecule is CCOc1ccc(OCNC(=O)Nc2ccccn2)cc1. The van der Waals surface area contributed by atoms with Crippen LogP contribution < -0.4 is 20.1 Å². The molecular weight excluding hydrogens is 270 g/mol. The van der Waals surface area contributed by atoms with Gasteiger partial charge in [-0.3, -0.25) is 5.32 Å². The van der Waals surface area contributed by atoms with Crippen LogP contribution in [0.4, 0.5) is 10.6 Å². The molecule has 2 N–H and O–H groups in total. The molecule has 0 saturated heterocycles. The molecule has 1 aromatic heterocycles. The first-order valence-corrected chi connectivity index (χ1v) is 6.59. The third-order valence-electron chi connectivity index (χ3n) is 2.51. The number of aromatic nitrogens is 1. The maximum Gasteiger partial charge on any atom is 0.323 e. The molecule has 1 aromatic carbocycles. The minimum Gasteiger partial charge on any atom is -0.494 e. The number of anilines is 1. The van der Waals surface area contributed by atoms with Gasteiger partial charge in [-0.2, -0.15) is 0 Å². The molecule has 6 nitrogen and oxygen atoms in total. The van der Waals surface area contributed by atoms with E-state index in [1.807, 2.05) is 19.1 Å². The fourth-order valence-corrected chi connectivity index (χ4v) is 1.58. The molecular formula is C15H17N3O3. The fraction of sp³-hybridized carbons (Fsp3) is 0.200. The summed E-state index contributed by atoms with van der Waals surface area (Å²) in [6.45, 7) is 2.61. The summed E-state index contributed by atoms with van der Waals surface area (Å²) in [6.07, 6.45) is 1.60. The highest BCUT2D eigenvalue weighted by molar-refractivity contribution is 5.87. The van der Waals surface area contributed by atoms with E-state index >= 15 is 0 Å². The number of rotatable bonds is 6. The second kappa shape index (κ2) is 7.74. The summed E-state index contributed by atoms with van der Waals surface area (Å²) in [5, 5.41) is 5.17. The van der Waals surface area contributed by atoms with Crippen LogP contribution in [0.3, 0.4) is 0 Å². The van der Waals surface area contributed by atoms with Gasteiger partial charge in [0.25, 0.3) is 0 Å². The molecule has 0 unspecified atom stereocenters. The summed E-state index contributed by atoms with van der Waals surface area (Å²) in [4.78, 5) is 15.6. The lowest BCUT2D eigenvalue weighted by Gasteiger charge is -2.09. The van der Waals surface area contributed by atoms with E-state index in [4.69, 9.17) is 9.47 Å². The van der Waals surface area contributed by atoms with Crippen molar-refractivity contribution in [3.8, 4) is 11.5 Å². The number of ether oxygens (including phenoxy) is 2. The maximum absolute atomic E-state index is 11.6. The molecule has 0 aliphatic heterocycles. The molecule has 2 aromatic rings. The van der Waals surface area contributed by atoms with Gasteiger partial charge in [-0.1, -0.05) is 6.07 Å². The highest BCUT2D eigenvalue weighted by atomic mass is 16.5. The van der Waals surface area contributed by atoms with Crippen LogP contribution in [0.5, 0.6) is 11.5 Å². The molecule has 0 aliphatic carbocycles. The van der Waals surface area contributed by atoms with Gasteiger partial charge in [0.2, 0.25) is 0 Å². The Balaban J connectivity index is 1.72. The Bertz CT molecular complexity index is 558. The molecule has 0 atom stereocenters. The van der Waals surface area contributed by atoms with Crippen LogP contribution in [0.1, 0.15) is 6.92 Å². The molecule has 0 saturated carbocycles. The van der Waals surface area contributed by atoms with Crippen LogP contribution in [-0.4, -0.2) is 24.4 Å². The van der Waals surface area contributed by atoms with Crippen LogP contribution in [0.2, 0.25) is 0 Å². The Labute approximate surface area is 123 Å². The van der Waals surface area contributed by atoms with Crippen LogP contribution in [0.15, 0.2) is 48.7 Å². The van der Waals surface area contributed by atoms with Gasteiger partial charge in [-0.25, -0.2) is 9.78 Å². The molecule has 2 rings (SSSR count). The molecule has 1 heterocycles. The number of nitrogens with one attached hydrogen (secondary N) is 2. The highest BCUT2D eigenvalue weighted by Crippen LogP contribution is 2.17. The Morgan fingerprint density at radius 1 is 1.10 bits per heavy atom. The first-order valence-electron chi connectivity index (χ1n) is 6.59. The highest BCUT2D eigenvalue weighted by Gasteiger charge is 2.01. The zero-order chi connectivity index (χ0) is 14.9. The molecule has 2 amide bonds. The Kier molecular flexibility index (Phi) is 5.40. The van der Waals surface area contributed by atoms with Crippen molar-refractivity contribution in [1.29, 1.82) is 0 Å². The van der Waals surface area contributed by atoms with Crippen LogP contribution in [0.25, 0.3) is 0 Å². The predicted molar refractivity (Wildman–Crippen MR) is 79.5 cm³/mol. The fourth-order valence-electron chi connectivity index (χ4n) is 1.58. The normalized spacial score (nSPS) is 9.76. The van der Waals surface area contributed by atoms with Gasteiger partial charge in [0.15, 0.2) is 6.73 Å². The van der Waals surface area contributed by atoms with Crippen molar-refractivity contribution in [2.45, 2.75) is 6.92 Å². The summed E-state index contributed by atoms with van der Waals surface area (Å²) in [6, 6.07) is 12.1.